The van der Waals surface area contributed by atoms with E-state index in [0.717, 1.165) is 38.1 Å². The molecule has 0 saturated heterocycles. The van der Waals surface area contributed by atoms with E-state index in [1.807, 2.05) is 236 Å². The summed E-state index contributed by atoms with van der Waals surface area (Å²) in [5, 5.41) is 12.9. The Balaban J connectivity index is 1.31. The number of carbonyl (C=O) groups excluding carboxylic acids is 5. The maximum atomic E-state index is 14.7. The highest BCUT2D eigenvalue weighted by molar-refractivity contribution is 6.09. The lowest BCUT2D eigenvalue weighted by atomic mass is 9.94. The first-order valence-electron chi connectivity index (χ1n) is 31.7. The highest BCUT2D eigenvalue weighted by Crippen LogP contribution is 2.45. The van der Waals surface area contributed by atoms with Gasteiger partial charge in [0.15, 0.2) is 5.76 Å². The normalized spacial score (nSPS) is 12.5. The molecule has 2 aliphatic rings. The van der Waals surface area contributed by atoms with Crippen molar-refractivity contribution in [3.8, 4) is 44.5 Å². The second-order valence-corrected chi connectivity index (χ2v) is 27.8. The Labute approximate surface area is 538 Å². The molecule has 6 heterocycles. The Kier molecular flexibility index (Phi) is 18.7. The molecule has 0 unspecified atom stereocenters. The summed E-state index contributed by atoms with van der Waals surface area (Å²) in [5.74, 6) is -0.125. The van der Waals surface area contributed by atoms with Crippen LogP contribution in [0.3, 0.4) is 0 Å². The van der Waals surface area contributed by atoms with Crippen LogP contribution in [-0.2, 0) is 35.3 Å². The van der Waals surface area contributed by atoms with Crippen molar-refractivity contribution in [1.82, 2.24) is 29.5 Å². The second kappa shape index (κ2) is 26.5. The average molecular weight is 1230 g/mol. The smallest absolute Gasteiger partial charge is 0.311 e. The van der Waals surface area contributed by atoms with Crippen molar-refractivity contribution in [1.29, 1.82) is 0 Å². The molecule has 4 amide bonds. The summed E-state index contributed by atoms with van der Waals surface area (Å²) in [6.07, 6.45) is 13.9. The van der Waals surface area contributed by atoms with Gasteiger partial charge in [-0.2, -0.15) is 0 Å². The third kappa shape index (κ3) is 14.6. The zero-order valence-electron chi connectivity index (χ0n) is 55.1. The van der Waals surface area contributed by atoms with Crippen LogP contribution in [0.2, 0.25) is 0 Å². The van der Waals surface area contributed by atoms with E-state index in [9.17, 15) is 24.0 Å². The van der Waals surface area contributed by atoms with E-state index in [0.29, 0.717) is 113 Å². The van der Waals surface area contributed by atoms with Gasteiger partial charge in [0.1, 0.15) is 11.5 Å². The van der Waals surface area contributed by atoms with Crippen molar-refractivity contribution in [2.24, 2.45) is 21.7 Å². The predicted octanol–water partition coefficient (Wildman–Crippen LogP) is 17.7. The molecule has 8 bridgehead atoms. The summed E-state index contributed by atoms with van der Waals surface area (Å²) in [6, 6.07) is 38.1. The molecule has 0 saturated carbocycles. The molecule has 10 rings (SSSR count). The van der Waals surface area contributed by atoms with Crippen molar-refractivity contribution in [3.63, 3.8) is 0 Å². The fourth-order valence-corrected chi connectivity index (χ4v) is 10.8. The van der Waals surface area contributed by atoms with Crippen molar-refractivity contribution >= 4 is 98.4 Å². The molecule has 0 aliphatic carbocycles. The van der Waals surface area contributed by atoms with E-state index in [4.69, 9.17) is 14.7 Å². The lowest BCUT2D eigenvalue weighted by molar-refractivity contribution is -0.136. The van der Waals surface area contributed by atoms with E-state index < -0.39 is 27.6 Å². The number of aromatic nitrogens is 6. The molecule has 4 aromatic carbocycles. The van der Waals surface area contributed by atoms with E-state index in [1.165, 1.54) is 0 Å². The molecular formula is C76H84N10O6. The number of H-pyrrole nitrogens is 2. The van der Waals surface area contributed by atoms with E-state index >= 15 is 0 Å². The Morgan fingerprint density at radius 3 is 1.20 bits per heavy atom. The molecule has 2 aliphatic heterocycles. The number of unbranched alkanes of at least 4 members (excludes halogenated alkanes) is 4. The SMILES string of the molecule is Cc1nccn1CCCCCCCC(=O)OC1=Cc2nc1c(-c1ccccc1NC(=O)C(C)(C)C)c1ccc([nH]1)c(-c1ccccc1NC(=O)C(C)(C)C)c1nc(c(-c3ccccc3NC(=O)C(C)(C)C)c3ccc([nH]3)c2-c2ccccc2NC(=O)C(C)(C)C)C=C1. The molecule has 8 aromatic rings. The molecule has 0 radical (unpaired) electrons. The number of imidazole rings is 1. The summed E-state index contributed by atoms with van der Waals surface area (Å²) in [4.78, 5) is 94.2. The van der Waals surface area contributed by atoms with Crippen LogP contribution in [0.5, 0.6) is 0 Å². The lowest BCUT2D eigenvalue weighted by Gasteiger charge is -2.20. The van der Waals surface area contributed by atoms with Gasteiger partial charge in [0.2, 0.25) is 23.6 Å². The number of hydrogen-bond acceptors (Lipinski definition) is 9. The average Bonchev–Trinajstić information content (AvgIpc) is 1.58. The highest BCUT2D eigenvalue weighted by atomic mass is 16.5. The molecule has 0 atom stereocenters. The molecule has 4 aromatic heterocycles. The Bertz CT molecular complexity index is 4410. The van der Waals surface area contributed by atoms with E-state index in [2.05, 4.69) is 40.8 Å². The minimum absolute atomic E-state index is 0.132. The summed E-state index contributed by atoms with van der Waals surface area (Å²) >= 11 is 0. The first-order valence-corrected chi connectivity index (χ1v) is 31.7. The van der Waals surface area contributed by atoms with Crippen molar-refractivity contribution in [3.05, 3.63) is 162 Å². The van der Waals surface area contributed by atoms with Crippen LogP contribution in [0.1, 0.15) is 150 Å². The number of carbonyl (C=O) groups is 5. The Morgan fingerprint density at radius 1 is 0.446 bits per heavy atom. The number of aromatic amines is 2. The van der Waals surface area contributed by atoms with Crippen LogP contribution in [0, 0.1) is 28.6 Å². The molecule has 16 nitrogen and oxygen atoms in total. The van der Waals surface area contributed by atoms with Crippen molar-refractivity contribution < 1.29 is 28.7 Å². The third-order valence-electron chi connectivity index (χ3n) is 16.3. The zero-order chi connectivity index (χ0) is 65.9. The number of ether oxygens (including phenoxy) is 1. The van der Waals surface area contributed by atoms with Gasteiger partial charge < -0.3 is 40.5 Å². The fourth-order valence-electron chi connectivity index (χ4n) is 10.8. The predicted molar refractivity (Wildman–Crippen MR) is 373 cm³/mol. The van der Waals surface area contributed by atoms with E-state index in [-0.39, 0.29) is 41.5 Å². The fraction of sp³-hybridized carbons (Fsp3) is 0.316. The number of anilines is 4. The number of hydrogen-bond donors (Lipinski definition) is 6. The number of aryl methyl sites for hydroxylation is 2. The van der Waals surface area contributed by atoms with Gasteiger partial charge in [-0.15, -0.1) is 0 Å². The third-order valence-corrected chi connectivity index (χ3v) is 16.3. The number of esters is 1. The Morgan fingerprint density at radius 2 is 0.804 bits per heavy atom. The lowest BCUT2D eigenvalue weighted by Crippen LogP contribution is -2.27. The quantitative estimate of drug-likeness (QED) is 0.0377. The minimum Gasteiger partial charge on any atom is -0.424 e. The summed E-state index contributed by atoms with van der Waals surface area (Å²) in [7, 11) is 0. The number of fused-ring (bicyclic) bond motifs is 8. The number of nitrogens with one attached hydrogen (secondary N) is 6. The highest BCUT2D eigenvalue weighted by Gasteiger charge is 2.31. The molecule has 0 spiro atoms. The maximum Gasteiger partial charge on any atom is 0.311 e. The molecule has 92 heavy (non-hydrogen) atoms. The summed E-state index contributed by atoms with van der Waals surface area (Å²) in [5.41, 5.74) is 8.01. The van der Waals surface area contributed by atoms with E-state index in [1.54, 1.807) is 6.08 Å². The molecule has 6 N–H and O–H groups in total. The van der Waals surface area contributed by atoms with Gasteiger partial charge in [0, 0.05) is 142 Å². The van der Waals surface area contributed by atoms with Crippen LogP contribution < -0.4 is 21.3 Å². The van der Waals surface area contributed by atoms with Gasteiger partial charge in [-0.25, -0.2) is 15.0 Å². The van der Waals surface area contributed by atoms with Crippen LogP contribution in [0.25, 0.3) is 90.6 Å². The van der Waals surface area contributed by atoms with Crippen LogP contribution in [0.4, 0.5) is 22.7 Å². The molecule has 474 valence electrons. The zero-order valence-corrected chi connectivity index (χ0v) is 55.1. The van der Waals surface area contributed by atoms with Gasteiger partial charge in [-0.1, -0.05) is 175 Å². The number of rotatable bonds is 17. The van der Waals surface area contributed by atoms with Crippen LogP contribution in [0.15, 0.2) is 134 Å². The largest absolute Gasteiger partial charge is 0.424 e. The molecular weight excluding hydrogens is 1150 g/mol. The summed E-state index contributed by atoms with van der Waals surface area (Å²) in [6.45, 7) is 25.2. The van der Waals surface area contributed by atoms with Gasteiger partial charge in [0.05, 0.1) is 17.1 Å². The maximum absolute atomic E-state index is 14.7. The van der Waals surface area contributed by atoms with Crippen LogP contribution >= 0.6 is 0 Å². The molecule has 0 fully saturated rings. The van der Waals surface area contributed by atoms with Gasteiger partial charge in [0.25, 0.3) is 0 Å². The summed E-state index contributed by atoms with van der Waals surface area (Å²) < 4.78 is 8.83. The van der Waals surface area contributed by atoms with Gasteiger partial charge >= 0.3 is 5.97 Å². The van der Waals surface area contributed by atoms with Crippen molar-refractivity contribution in [2.45, 2.75) is 135 Å². The van der Waals surface area contributed by atoms with Gasteiger partial charge in [-0.05, 0) is 80.4 Å². The number of benzene rings is 4. The monoisotopic (exact) mass is 1230 g/mol. The standard InChI is InChI=1S/C76H84N10O6/c1-46-77-42-44-86(46)43-26-16-14-15-17-35-63(87)92-62-45-61-66(49-29-20-24-33-53(49)84-71(90)75(8,9)10)59-39-38-57(79-59)64(47-27-18-22-31-51(47)82-69(88)73(2,3)4)55-36-37-56(78-55)65(48-28-19-23-32-52(48)83-70(89)74(5,6)7)58-40-41-60(80-58)67(68(62)81-61)50-30-21-25-34-54(50)85-72(91)76(11,12)13/h18-25,27-34,36-42,44-45,79-80H,14-17,26,35,43H2,1-13H3,(H,82,88)(H,83,89)(H,84,90)(H,85,91). The number of amides is 4. The minimum atomic E-state index is -0.789. The number of nitrogens with zero attached hydrogens (tertiary/aromatic N) is 4. The second-order valence-electron chi connectivity index (χ2n) is 27.8. The first-order chi connectivity index (χ1) is 43.6. The van der Waals surface area contributed by atoms with Crippen LogP contribution in [-0.4, -0.2) is 59.1 Å². The topological polar surface area (TPSA) is 218 Å². The van der Waals surface area contributed by atoms with Gasteiger partial charge in [-0.3, -0.25) is 24.0 Å². The molecule has 16 heteroatoms. The first kappa shape index (κ1) is 65.0. The Hall–Kier alpha value is -9.96. The number of para-hydroxylation sites is 4. The van der Waals surface area contributed by atoms with Crippen molar-refractivity contribution in [2.75, 3.05) is 21.3 Å².